The van der Waals surface area contributed by atoms with Gasteiger partial charge in [-0.2, -0.15) is 0 Å². The molecule has 1 heterocycles. The molecule has 1 rings (SSSR count). The van der Waals surface area contributed by atoms with Crippen LogP contribution in [0.25, 0.3) is 0 Å². The molecule has 9 nitrogen and oxygen atoms in total. The predicted octanol–water partition coefficient (Wildman–Crippen LogP) is 13.5. The second-order valence-corrected chi connectivity index (χ2v) is 20.1. The summed E-state index contributed by atoms with van der Waals surface area (Å²) in [4.78, 5) is 13.0. The largest absolute Gasteiger partial charge is 0.394 e. The first-order valence-electron chi connectivity index (χ1n) is 28.2. The van der Waals surface area contributed by atoms with Crippen molar-refractivity contribution in [2.75, 3.05) is 13.2 Å². The van der Waals surface area contributed by atoms with E-state index < -0.39 is 49.5 Å². The lowest BCUT2D eigenvalue weighted by molar-refractivity contribution is -0.302. The van der Waals surface area contributed by atoms with Gasteiger partial charge in [-0.25, -0.2) is 0 Å². The number of hydrogen-bond donors (Lipinski definition) is 6. The molecule has 64 heavy (non-hydrogen) atoms. The zero-order valence-electron chi connectivity index (χ0n) is 42.3. The van der Waals surface area contributed by atoms with Crippen LogP contribution in [-0.2, 0) is 14.3 Å². The van der Waals surface area contributed by atoms with Gasteiger partial charge in [0.2, 0.25) is 5.91 Å². The van der Waals surface area contributed by atoms with Crippen molar-refractivity contribution in [3.8, 4) is 0 Å². The monoisotopic (exact) mass is 912 g/mol. The molecule has 0 saturated carbocycles. The third-order valence-corrected chi connectivity index (χ3v) is 14.0. The van der Waals surface area contributed by atoms with Crippen LogP contribution in [0.2, 0.25) is 0 Å². The molecule has 2 unspecified atom stereocenters. The van der Waals surface area contributed by atoms with E-state index >= 15 is 0 Å². The van der Waals surface area contributed by atoms with Crippen molar-refractivity contribution in [3.63, 3.8) is 0 Å². The summed E-state index contributed by atoms with van der Waals surface area (Å²) in [6.07, 6.45) is 47.1. The Morgan fingerprint density at radius 1 is 0.469 bits per heavy atom. The SMILES string of the molecule is CCCCCCCCCCCCCCCCCCCCCCCCCCCCCC(=O)N[C@@H](CO[C@@H]1O[C@H](CO)[C@@H](O)C(O)C1O)[C@H](O)CCCCCCCCCCCCCCCC. The van der Waals surface area contributed by atoms with Gasteiger partial charge in [-0.05, 0) is 12.8 Å². The summed E-state index contributed by atoms with van der Waals surface area (Å²) in [7, 11) is 0. The Labute approximate surface area is 395 Å². The fraction of sp³-hybridized carbons (Fsp3) is 0.982. The summed E-state index contributed by atoms with van der Waals surface area (Å²) in [6, 6.07) is -0.712. The number of aliphatic hydroxyl groups excluding tert-OH is 5. The van der Waals surface area contributed by atoms with Crippen LogP contribution in [0.4, 0.5) is 0 Å². The average Bonchev–Trinajstić information content (AvgIpc) is 3.29. The molecule has 0 aromatic heterocycles. The molecule has 1 amide bonds. The number of carbonyl (C=O) groups excluding carboxylic acids is 1. The zero-order chi connectivity index (χ0) is 46.6. The highest BCUT2D eigenvalue weighted by molar-refractivity contribution is 5.76. The second kappa shape index (κ2) is 45.9. The van der Waals surface area contributed by atoms with Crippen LogP contribution in [0.3, 0.4) is 0 Å². The van der Waals surface area contributed by atoms with E-state index in [2.05, 4.69) is 19.2 Å². The molecule has 382 valence electrons. The molecule has 1 aliphatic rings. The van der Waals surface area contributed by atoms with E-state index in [-0.39, 0.29) is 12.5 Å². The quantitative estimate of drug-likeness (QED) is 0.0331. The van der Waals surface area contributed by atoms with E-state index in [1.54, 1.807) is 0 Å². The van der Waals surface area contributed by atoms with Crippen LogP contribution in [0.15, 0.2) is 0 Å². The summed E-state index contributed by atoms with van der Waals surface area (Å²) >= 11 is 0. The standard InChI is InChI=1S/C55H109NO8/c1-3-5-7-9-11-13-15-17-19-20-21-22-23-24-25-26-27-28-29-30-31-33-35-37-39-41-43-45-51(59)56-48(47-63-55-54(62)53(61)52(60)50(46-57)64-55)49(58)44-42-40-38-36-34-32-18-16-14-12-10-8-6-4-2/h48-50,52-55,57-58,60-62H,3-47H2,1-2H3,(H,56,59)/t48-,49+,50+,52+,53?,54?,55+/m0/s1. The second-order valence-electron chi connectivity index (χ2n) is 20.1. The maximum Gasteiger partial charge on any atom is 0.220 e. The van der Waals surface area contributed by atoms with Crippen molar-refractivity contribution in [2.45, 2.75) is 333 Å². The van der Waals surface area contributed by atoms with Crippen LogP contribution >= 0.6 is 0 Å². The number of aliphatic hydroxyl groups is 5. The Kier molecular flexibility index (Phi) is 43.9. The molecule has 0 aliphatic carbocycles. The first-order valence-corrected chi connectivity index (χ1v) is 28.2. The van der Waals surface area contributed by atoms with Gasteiger partial charge in [0, 0.05) is 6.42 Å². The molecule has 0 bridgehead atoms. The number of amides is 1. The number of hydrogen-bond acceptors (Lipinski definition) is 8. The molecule has 1 fully saturated rings. The molecule has 0 aromatic carbocycles. The van der Waals surface area contributed by atoms with E-state index in [1.165, 1.54) is 225 Å². The summed E-state index contributed by atoms with van der Waals surface area (Å²) < 4.78 is 11.3. The Balaban J connectivity index is 2.14. The van der Waals surface area contributed by atoms with E-state index in [4.69, 9.17) is 9.47 Å². The van der Waals surface area contributed by atoms with Gasteiger partial charge >= 0.3 is 0 Å². The fourth-order valence-corrected chi connectivity index (χ4v) is 9.46. The first kappa shape index (κ1) is 61.2. The molecule has 1 saturated heterocycles. The van der Waals surface area contributed by atoms with Crippen molar-refractivity contribution in [2.24, 2.45) is 0 Å². The maximum atomic E-state index is 13.0. The van der Waals surface area contributed by atoms with Gasteiger partial charge < -0.3 is 40.3 Å². The molecule has 9 heteroatoms. The molecular weight excluding hydrogens is 803 g/mol. The predicted molar refractivity (Wildman–Crippen MR) is 268 cm³/mol. The molecule has 7 atom stereocenters. The fourth-order valence-electron chi connectivity index (χ4n) is 9.46. The Hall–Kier alpha value is -0.810. The Bertz CT molecular complexity index is 970. The minimum absolute atomic E-state index is 0.131. The van der Waals surface area contributed by atoms with Crippen molar-refractivity contribution in [1.82, 2.24) is 5.32 Å². The van der Waals surface area contributed by atoms with Gasteiger partial charge in [0.15, 0.2) is 6.29 Å². The normalized spacial score (nSPS) is 19.9. The highest BCUT2D eigenvalue weighted by Crippen LogP contribution is 2.23. The van der Waals surface area contributed by atoms with Gasteiger partial charge in [-0.3, -0.25) is 4.79 Å². The Morgan fingerprint density at radius 2 is 0.781 bits per heavy atom. The van der Waals surface area contributed by atoms with E-state index in [0.29, 0.717) is 12.8 Å². The van der Waals surface area contributed by atoms with Crippen molar-refractivity contribution < 1.29 is 39.8 Å². The Morgan fingerprint density at radius 3 is 1.11 bits per heavy atom. The number of unbranched alkanes of at least 4 members (excludes halogenated alkanes) is 39. The average molecular weight is 912 g/mol. The topological polar surface area (TPSA) is 149 Å². The number of rotatable bonds is 49. The minimum atomic E-state index is -1.55. The summed E-state index contributed by atoms with van der Waals surface area (Å²) in [5.41, 5.74) is 0. The molecule has 0 radical (unpaired) electrons. The zero-order valence-corrected chi connectivity index (χ0v) is 42.3. The maximum absolute atomic E-state index is 13.0. The van der Waals surface area contributed by atoms with Crippen molar-refractivity contribution in [3.05, 3.63) is 0 Å². The van der Waals surface area contributed by atoms with Gasteiger partial charge in [-0.1, -0.05) is 271 Å². The lowest BCUT2D eigenvalue weighted by Gasteiger charge is -2.40. The van der Waals surface area contributed by atoms with Crippen LogP contribution in [0.1, 0.15) is 290 Å². The lowest BCUT2D eigenvalue weighted by atomic mass is 9.99. The summed E-state index contributed by atoms with van der Waals surface area (Å²) in [5.74, 6) is -0.137. The van der Waals surface area contributed by atoms with Crippen LogP contribution in [0.5, 0.6) is 0 Å². The molecule has 0 aromatic rings. The summed E-state index contributed by atoms with van der Waals surface area (Å²) in [5, 5.41) is 54.6. The highest BCUT2D eigenvalue weighted by Gasteiger charge is 2.44. The van der Waals surface area contributed by atoms with Gasteiger partial charge in [0.25, 0.3) is 0 Å². The molecule has 6 N–H and O–H groups in total. The molecular formula is C55H109NO8. The van der Waals surface area contributed by atoms with Crippen LogP contribution in [0, 0.1) is 0 Å². The third-order valence-electron chi connectivity index (χ3n) is 14.0. The molecule has 0 spiro atoms. The van der Waals surface area contributed by atoms with Gasteiger partial charge in [0.1, 0.15) is 24.4 Å². The van der Waals surface area contributed by atoms with Gasteiger partial charge in [0.05, 0.1) is 25.4 Å². The van der Waals surface area contributed by atoms with Crippen molar-refractivity contribution in [1.29, 1.82) is 0 Å². The van der Waals surface area contributed by atoms with E-state index in [1.807, 2.05) is 0 Å². The highest BCUT2D eigenvalue weighted by atomic mass is 16.7. The van der Waals surface area contributed by atoms with Crippen molar-refractivity contribution >= 4 is 5.91 Å². The first-order chi connectivity index (χ1) is 31.3. The van der Waals surface area contributed by atoms with E-state index in [0.717, 1.165) is 38.5 Å². The number of carbonyl (C=O) groups is 1. The van der Waals surface area contributed by atoms with Gasteiger partial charge in [-0.15, -0.1) is 0 Å². The van der Waals surface area contributed by atoms with E-state index in [9.17, 15) is 30.3 Å². The number of nitrogens with one attached hydrogen (secondary N) is 1. The lowest BCUT2D eigenvalue weighted by Crippen LogP contribution is -2.60. The smallest absolute Gasteiger partial charge is 0.220 e. The third kappa shape index (κ3) is 35.3. The van der Waals surface area contributed by atoms with Crippen LogP contribution < -0.4 is 5.32 Å². The summed E-state index contributed by atoms with van der Waals surface area (Å²) in [6.45, 7) is 3.87. The minimum Gasteiger partial charge on any atom is -0.394 e. The number of ether oxygens (including phenoxy) is 2. The molecule has 1 aliphatic heterocycles. The van der Waals surface area contributed by atoms with Crippen LogP contribution in [-0.4, -0.2) is 87.5 Å².